The van der Waals surface area contributed by atoms with Crippen LogP contribution >= 0.6 is 0 Å². The molecule has 0 aliphatic rings. The molecule has 1 atom stereocenters. The van der Waals surface area contributed by atoms with Crippen LogP contribution in [0.3, 0.4) is 0 Å². The smallest absolute Gasteiger partial charge is 0.0802 e. The molecule has 3 heteroatoms. The van der Waals surface area contributed by atoms with E-state index in [1.807, 2.05) is 24.3 Å². The first-order chi connectivity index (χ1) is 7.77. The predicted octanol–water partition coefficient (Wildman–Crippen LogP) is 0.803. The van der Waals surface area contributed by atoms with Gasteiger partial charge in [-0.2, -0.15) is 0 Å². The molecule has 0 fully saturated rings. The summed E-state index contributed by atoms with van der Waals surface area (Å²) in [5.74, 6) is 5.77. The lowest BCUT2D eigenvalue weighted by Crippen LogP contribution is -2.06. The molecule has 0 heterocycles. The normalized spacial score (nSPS) is 11.7. The molecule has 16 heavy (non-hydrogen) atoms. The molecule has 0 radical (unpaired) electrons. The SMILES string of the molecule is NCC[C@H](O)c1cccc(C#CCCO)c1. The molecule has 1 aromatic carbocycles. The minimum atomic E-state index is -0.524. The van der Waals surface area contributed by atoms with Gasteiger partial charge < -0.3 is 15.9 Å². The topological polar surface area (TPSA) is 66.5 Å². The van der Waals surface area contributed by atoms with Crippen molar-refractivity contribution in [1.29, 1.82) is 0 Å². The summed E-state index contributed by atoms with van der Waals surface area (Å²) >= 11 is 0. The highest BCUT2D eigenvalue weighted by molar-refractivity contribution is 5.37. The van der Waals surface area contributed by atoms with Gasteiger partial charge in [-0.15, -0.1) is 0 Å². The zero-order chi connectivity index (χ0) is 11.8. The van der Waals surface area contributed by atoms with Crippen molar-refractivity contribution >= 4 is 0 Å². The minimum Gasteiger partial charge on any atom is -0.395 e. The highest BCUT2D eigenvalue weighted by Gasteiger charge is 2.05. The fourth-order valence-corrected chi connectivity index (χ4v) is 1.37. The van der Waals surface area contributed by atoms with Gasteiger partial charge in [0.25, 0.3) is 0 Å². The van der Waals surface area contributed by atoms with Gasteiger partial charge in [0.15, 0.2) is 0 Å². The van der Waals surface area contributed by atoms with Gasteiger partial charge in [-0.1, -0.05) is 24.0 Å². The molecule has 0 bridgehead atoms. The van der Waals surface area contributed by atoms with Gasteiger partial charge in [-0.05, 0) is 30.7 Å². The Morgan fingerprint density at radius 3 is 2.88 bits per heavy atom. The third-order valence-electron chi connectivity index (χ3n) is 2.18. The Morgan fingerprint density at radius 2 is 2.19 bits per heavy atom. The number of nitrogens with two attached hydrogens (primary N) is 1. The van der Waals surface area contributed by atoms with Crippen molar-refractivity contribution in [3.8, 4) is 11.8 Å². The minimum absolute atomic E-state index is 0.0719. The van der Waals surface area contributed by atoms with Crippen LogP contribution < -0.4 is 5.73 Å². The first-order valence-electron chi connectivity index (χ1n) is 5.35. The van der Waals surface area contributed by atoms with Gasteiger partial charge >= 0.3 is 0 Å². The van der Waals surface area contributed by atoms with Crippen LogP contribution in [0.1, 0.15) is 30.1 Å². The van der Waals surface area contributed by atoms with Crippen molar-refractivity contribution in [1.82, 2.24) is 0 Å². The molecule has 0 saturated carbocycles. The van der Waals surface area contributed by atoms with E-state index in [1.165, 1.54) is 0 Å². The van der Waals surface area contributed by atoms with Gasteiger partial charge in [0.2, 0.25) is 0 Å². The molecule has 0 unspecified atom stereocenters. The Bertz CT molecular complexity index is 379. The highest BCUT2D eigenvalue weighted by Crippen LogP contribution is 2.16. The van der Waals surface area contributed by atoms with E-state index in [-0.39, 0.29) is 6.61 Å². The van der Waals surface area contributed by atoms with E-state index in [0.717, 1.165) is 11.1 Å². The average Bonchev–Trinajstić information content (AvgIpc) is 2.30. The summed E-state index contributed by atoms with van der Waals surface area (Å²) in [5.41, 5.74) is 7.07. The summed E-state index contributed by atoms with van der Waals surface area (Å²) in [6, 6.07) is 7.45. The van der Waals surface area contributed by atoms with Crippen LogP contribution in [0.25, 0.3) is 0 Å². The molecule has 0 saturated heterocycles. The number of benzene rings is 1. The third-order valence-corrected chi connectivity index (χ3v) is 2.18. The van der Waals surface area contributed by atoms with Gasteiger partial charge in [0.1, 0.15) is 0 Å². The molecule has 0 amide bonds. The van der Waals surface area contributed by atoms with Crippen molar-refractivity contribution < 1.29 is 10.2 Å². The largest absolute Gasteiger partial charge is 0.395 e. The maximum Gasteiger partial charge on any atom is 0.0802 e. The summed E-state index contributed by atoms with van der Waals surface area (Å²) in [6.07, 6.45) is 0.493. The quantitative estimate of drug-likeness (QED) is 0.656. The van der Waals surface area contributed by atoms with Crippen LogP contribution in [0.15, 0.2) is 24.3 Å². The van der Waals surface area contributed by atoms with Crippen LogP contribution in [-0.2, 0) is 0 Å². The Balaban J connectivity index is 2.75. The van der Waals surface area contributed by atoms with E-state index in [0.29, 0.717) is 19.4 Å². The first-order valence-corrected chi connectivity index (χ1v) is 5.35. The number of aliphatic hydroxyl groups is 2. The molecule has 4 N–H and O–H groups in total. The fraction of sp³-hybridized carbons (Fsp3) is 0.385. The van der Waals surface area contributed by atoms with Crippen LogP contribution in [0.4, 0.5) is 0 Å². The number of aliphatic hydroxyl groups excluding tert-OH is 2. The maximum absolute atomic E-state index is 9.75. The number of hydrogen-bond acceptors (Lipinski definition) is 3. The monoisotopic (exact) mass is 219 g/mol. The molecule has 3 nitrogen and oxygen atoms in total. The van der Waals surface area contributed by atoms with E-state index in [1.54, 1.807) is 0 Å². The maximum atomic E-state index is 9.75. The van der Waals surface area contributed by atoms with E-state index >= 15 is 0 Å². The number of rotatable bonds is 4. The zero-order valence-electron chi connectivity index (χ0n) is 9.19. The average molecular weight is 219 g/mol. The molecule has 1 aromatic rings. The zero-order valence-corrected chi connectivity index (χ0v) is 9.19. The van der Waals surface area contributed by atoms with Crippen molar-refractivity contribution in [3.05, 3.63) is 35.4 Å². The second kappa shape index (κ2) is 7.02. The summed E-state index contributed by atoms with van der Waals surface area (Å²) in [6.45, 7) is 0.532. The van der Waals surface area contributed by atoms with E-state index in [4.69, 9.17) is 10.8 Å². The van der Waals surface area contributed by atoms with Crippen LogP contribution in [0.2, 0.25) is 0 Å². The Morgan fingerprint density at radius 1 is 1.38 bits per heavy atom. The van der Waals surface area contributed by atoms with Crippen molar-refractivity contribution in [2.24, 2.45) is 5.73 Å². The van der Waals surface area contributed by atoms with E-state index < -0.39 is 6.10 Å². The second-order valence-corrected chi connectivity index (χ2v) is 3.49. The fourth-order valence-electron chi connectivity index (χ4n) is 1.37. The molecular weight excluding hydrogens is 202 g/mol. The molecule has 86 valence electrons. The summed E-state index contributed by atoms with van der Waals surface area (Å²) in [5, 5.41) is 18.3. The lowest BCUT2D eigenvalue weighted by molar-refractivity contribution is 0.170. The van der Waals surface area contributed by atoms with Crippen LogP contribution in [0, 0.1) is 11.8 Å². The lowest BCUT2D eigenvalue weighted by Gasteiger charge is -2.09. The van der Waals surface area contributed by atoms with E-state index in [2.05, 4.69) is 11.8 Å². The molecular formula is C13H17NO2. The van der Waals surface area contributed by atoms with Gasteiger partial charge in [0.05, 0.1) is 12.7 Å². The molecule has 0 aliphatic carbocycles. The van der Waals surface area contributed by atoms with Crippen molar-refractivity contribution in [2.75, 3.05) is 13.2 Å². The Hall–Kier alpha value is -1.34. The van der Waals surface area contributed by atoms with Crippen molar-refractivity contribution in [2.45, 2.75) is 18.9 Å². The third kappa shape index (κ3) is 4.03. The second-order valence-electron chi connectivity index (χ2n) is 3.49. The molecule has 0 aliphatic heterocycles. The van der Waals surface area contributed by atoms with E-state index in [9.17, 15) is 5.11 Å². The van der Waals surface area contributed by atoms with Crippen LogP contribution in [0.5, 0.6) is 0 Å². The molecule has 0 spiro atoms. The highest BCUT2D eigenvalue weighted by atomic mass is 16.3. The van der Waals surface area contributed by atoms with Crippen molar-refractivity contribution in [3.63, 3.8) is 0 Å². The summed E-state index contributed by atoms with van der Waals surface area (Å²) < 4.78 is 0. The number of hydrogen-bond donors (Lipinski definition) is 3. The van der Waals surface area contributed by atoms with Crippen LogP contribution in [-0.4, -0.2) is 23.4 Å². The predicted molar refractivity (Wildman–Crippen MR) is 63.7 cm³/mol. The summed E-state index contributed by atoms with van der Waals surface area (Å²) in [7, 11) is 0. The molecule has 0 aromatic heterocycles. The van der Waals surface area contributed by atoms with Gasteiger partial charge in [-0.25, -0.2) is 0 Å². The summed E-state index contributed by atoms with van der Waals surface area (Å²) in [4.78, 5) is 0. The lowest BCUT2D eigenvalue weighted by atomic mass is 10.0. The Kier molecular flexibility index (Phi) is 5.58. The standard InChI is InChI=1S/C13H17NO2/c14-8-7-13(16)12-6-3-5-11(10-12)4-1-2-9-15/h3,5-6,10,13,15-16H,2,7-9,14H2/t13-/m0/s1. The van der Waals surface area contributed by atoms with Gasteiger partial charge in [0, 0.05) is 12.0 Å². The van der Waals surface area contributed by atoms with Gasteiger partial charge in [-0.3, -0.25) is 0 Å². The Labute approximate surface area is 95.9 Å². The first kappa shape index (κ1) is 12.7. The molecule has 1 rings (SSSR count).